The maximum atomic E-state index is 9.34. The number of aromatic nitrogens is 1. The van der Waals surface area contributed by atoms with Crippen LogP contribution in [0.2, 0.25) is 0 Å². The standard InChI is InChI=1S/C36H25N5O2/c1-42-33-9-5-3-7-27(33)31-19-29(25-15-11-23(21-37)12-16-25)35(39-31)41-36-30(26-17-13-24(22-38)14-18-26)20-32(40-36)28-8-4-6-10-34(28)43-2/h3-20,39H,1-2H3/b41-36-. The Hall–Kier alpha value is -6.18. The first-order valence-corrected chi connectivity index (χ1v) is 13.5. The number of methoxy groups -OCH3 is 2. The molecule has 0 bridgehead atoms. The van der Waals surface area contributed by atoms with Crippen LogP contribution in [0, 0.1) is 22.7 Å². The summed E-state index contributed by atoms with van der Waals surface area (Å²) in [5.74, 6) is 2.54. The zero-order valence-electron chi connectivity index (χ0n) is 23.5. The molecule has 0 radical (unpaired) electrons. The number of ether oxygens (including phenoxy) is 2. The number of benzene rings is 4. The lowest BCUT2D eigenvalue weighted by Gasteiger charge is -2.06. The number of allylic oxidation sites excluding steroid dienone is 1. The van der Waals surface area contributed by atoms with Crippen molar-refractivity contribution in [1.29, 1.82) is 10.5 Å². The van der Waals surface area contributed by atoms with Crippen molar-refractivity contribution in [2.45, 2.75) is 0 Å². The summed E-state index contributed by atoms with van der Waals surface area (Å²) in [6, 6.07) is 36.7. The maximum absolute atomic E-state index is 9.34. The fourth-order valence-corrected chi connectivity index (χ4v) is 5.02. The molecular formula is C36H25N5O2. The average Bonchev–Trinajstić information content (AvgIpc) is 3.69. The monoisotopic (exact) mass is 559 g/mol. The summed E-state index contributed by atoms with van der Waals surface area (Å²) in [4.78, 5) is 13.6. The number of para-hydroxylation sites is 2. The number of amidine groups is 1. The van der Waals surface area contributed by atoms with Crippen LogP contribution in [-0.2, 0) is 0 Å². The van der Waals surface area contributed by atoms with Crippen molar-refractivity contribution in [3.05, 3.63) is 131 Å². The number of hydrogen-bond acceptors (Lipinski definition) is 5. The van der Waals surface area contributed by atoms with Crippen LogP contribution in [-0.4, -0.2) is 30.8 Å². The van der Waals surface area contributed by atoms with Crippen molar-refractivity contribution in [2.24, 2.45) is 9.98 Å². The van der Waals surface area contributed by atoms with Crippen molar-refractivity contribution in [3.8, 4) is 46.0 Å². The van der Waals surface area contributed by atoms with Crippen LogP contribution in [0.5, 0.6) is 11.5 Å². The van der Waals surface area contributed by atoms with Gasteiger partial charge in [-0.15, -0.1) is 0 Å². The molecule has 1 aliphatic rings. The van der Waals surface area contributed by atoms with Crippen LogP contribution in [0.25, 0.3) is 28.0 Å². The fraction of sp³-hybridized carbons (Fsp3) is 0.0556. The van der Waals surface area contributed by atoms with Gasteiger partial charge in [0.15, 0.2) is 5.84 Å². The van der Waals surface area contributed by atoms with Crippen LogP contribution in [0.4, 0.5) is 5.82 Å². The number of hydrogen-bond donors (Lipinski definition) is 1. The molecule has 1 N–H and O–H groups in total. The van der Waals surface area contributed by atoms with Crippen LogP contribution in [0.1, 0.15) is 22.3 Å². The Morgan fingerprint density at radius 2 is 1.23 bits per heavy atom. The van der Waals surface area contributed by atoms with Gasteiger partial charge in [-0.25, -0.2) is 9.98 Å². The van der Waals surface area contributed by atoms with Gasteiger partial charge in [-0.3, -0.25) is 0 Å². The Balaban J connectivity index is 1.55. The molecule has 2 heterocycles. The van der Waals surface area contributed by atoms with Crippen molar-refractivity contribution >= 4 is 22.9 Å². The van der Waals surface area contributed by atoms with E-state index in [1.54, 1.807) is 38.5 Å². The minimum Gasteiger partial charge on any atom is -0.496 e. The highest BCUT2D eigenvalue weighted by atomic mass is 16.5. The third-order valence-corrected chi connectivity index (χ3v) is 7.19. The lowest BCUT2D eigenvalue weighted by atomic mass is 10.0. The Bertz CT molecular complexity index is 2000. The van der Waals surface area contributed by atoms with Crippen molar-refractivity contribution in [3.63, 3.8) is 0 Å². The lowest BCUT2D eigenvalue weighted by molar-refractivity contribution is 0.414. The third kappa shape index (κ3) is 5.31. The largest absolute Gasteiger partial charge is 0.496 e. The van der Waals surface area contributed by atoms with E-state index in [1.807, 2.05) is 84.9 Å². The van der Waals surface area contributed by atoms with E-state index in [2.05, 4.69) is 17.1 Å². The van der Waals surface area contributed by atoms with E-state index in [4.69, 9.17) is 19.5 Å². The van der Waals surface area contributed by atoms with E-state index in [1.165, 1.54) is 0 Å². The fourth-order valence-electron chi connectivity index (χ4n) is 5.02. The quantitative estimate of drug-likeness (QED) is 0.220. The number of rotatable bonds is 7. The second kappa shape index (κ2) is 11.7. The van der Waals surface area contributed by atoms with Crippen molar-refractivity contribution < 1.29 is 9.47 Å². The number of nitrogens with one attached hydrogen (secondary N) is 1. The van der Waals surface area contributed by atoms with Crippen LogP contribution in [0.15, 0.2) is 119 Å². The van der Waals surface area contributed by atoms with Gasteiger partial charge in [-0.05, 0) is 71.8 Å². The molecule has 1 aromatic heterocycles. The minimum atomic E-state index is 0.508. The molecule has 1 aliphatic heterocycles. The van der Waals surface area contributed by atoms with Crippen molar-refractivity contribution in [1.82, 2.24) is 4.98 Å². The van der Waals surface area contributed by atoms with Gasteiger partial charge in [0, 0.05) is 22.3 Å². The molecule has 0 unspecified atom stereocenters. The highest BCUT2D eigenvalue weighted by Gasteiger charge is 2.23. The van der Waals surface area contributed by atoms with Gasteiger partial charge in [-0.2, -0.15) is 10.5 Å². The molecular weight excluding hydrogens is 534 g/mol. The zero-order valence-corrected chi connectivity index (χ0v) is 23.5. The van der Waals surface area contributed by atoms with Crippen LogP contribution in [0.3, 0.4) is 0 Å². The van der Waals surface area contributed by atoms with Crippen LogP contribution < -0.4 is 9.47 Å². The molecule has 5 aromatic rings. The van der Waals surface area contributed by atoms with Gasteiger partial charge in [0.2, 0.25) is 0 Å². The number of nitrogens with zero attached hydrogens (tertiary/aromatic N) is 4. The summed E-state index contributed by atoms with van der Waals surface area (Å²) in [7, 11) is 3.28. The van der Waals surface area contributed by atoms with Crippen molar-refractivity contribution in [2.75, 3.05) is 14.2 Å². The molecule has 0 amide bonds. The number of aromatic amines is 1. The van der Waals surface area contributed by atoms with Gasteiger partial charge in [0.25, 0.3) is 0 Å². The molecule has 7 heteroatoms. The molecule has 206 valence electrons. The minimum absolute atomic E-state index is 0.508. The normalized spacial score (nSPS) is 13.2. The predicted molar refractivity (Wildman–Crippen MR) is 169 cm³/mol. The average molecular weight is 560 g/mol. The Morgan fingerprint density at radius 3 is 1.84 bits per heavy atom. The number of nitriles is 2. The summed E-state index contributed by atoms with van der Waals surface area (Å²) in [5, 5.41) is 18.7. The Labute approximate surface area is 249 Å². The molecule has 0 aliphatic carbocycles. The van der Waals surface area contributed by atoms with E-state index in [9.17, 15) is 10.5 Å². The Kier molecular flexibility index (Phi) is 7.38. The number of aliphatic imine (C=N–C) groups is 2. The molecule has 6 rings (SSSR count). The van der Waals surface area contributed by atoms with E-state index < -0.39 is 0 Å². The molecule has 0 spiro atoms. The molecule has 0 saturated carbocycles. The van der Waals surface area contributed by atoms with Gasteiger partial charge < -0.3 is 14.5 Å². The summed E-state index contributed by atoms with van der Waals surface area (Å²) in [6.45, 7) is 0. The maximum Gasteiger partial charge on any atom is 0.162 e. The smallest absolute Gasteiger partial charge is 0.162 e. The van der Waals surface area contributed by atoms with Gasteiger partial charge in [-0.1, -0.05) is 48.5 Å². The van der Waals surface area contributed by atoms with E-state index in [0.29, 0.717) is 34.2 Å². The molecule has 43 heavy (non-hydrogen) atoms. The van der Waals surface area contributed by atoms with Crippen LogP contribution >= 0.6 is 0 Å². The summed E-state index contributed by atoms with van der Waals surface area (Å²) in [6.07, 6.45) is 1.99. The van der Waals surface area contributed by atoms with E-state index in [0.717, 1.165) is 44.8 Å². The summed E-state index contributed by atoms with van der Waals surface area (Å²) in [5.41, 5.74) is 7.84. The molecule has 0 saturated heterocycles. The predicted octanol–water partition coefficient (Wildman–Crippen LogP) is 7.73. The first kappa shape index (κ1) is 27.0. The topological polar surface area (TPSA) is 107 Å². The van der Waals surface area contributed by atoms with Gasteiger partial charge in [0.05, 0.1) is 48.9 Å². The summed E-state index contributed by atoms with van der Waals surface area (Å²) >= 11 is 0. The lowest BCUT2D eigenvalue weighted by Crippen LogP contribution is -1.98. The highest BCUT2D eigenvalue weighted by molar-refractivity contribution is 6.38. The molecule has 4 aromatic carbocycles. The first-order valence-electron chi connectivity index (χ1n) is 13.5. The van der Waals surface area contributed by atoms with Gasteiger partial charge >= 0.3 is 0 Å². The SMILES string of the molecule is COc1ccccc1C1=N/C(=N\c2[nH]c(-c3ccccc3OC)cc2-c2ccc(C#N)cc2)C(c2ccc(C#N)cc2)=C1. The zero-order chi connectivity index (χ0) is 29.8. The Morgan fingerprint density at radius 1 is 0.674 bits per heavy atom. The van der Waals surface area contributed by atoms with Gasteiger partial charge in [0.1, 0.15) is 17.3 Å². The molecule has 0 fully saturated rings. The van der Waals surface area contributed by atoms with E-state index >= 15 is 0 Å². The second-order valence-electron chi connectivity index (χ2n) is 9.71. The second-order valence-corrected chi connectivity index (χ2v) is 9.71. The highest BCUT2D eigenvalue weighted by Crippen LogP contribution is 2.39. The molecule has 0 atom stereocenters. The molecule has 7 nitrogen and oxygen atoms in total. The number of H-pyrrole nitrogens is 1. The van der Waals surface area contributed by atoms with E-state index in [-0.39, 0.29) is 0 Å². The summed E-state index contributed by atoms with van der Waals surface area (Å²) < 4.78 is 11.3. The third-order valence-electron chi connectivity index (χ3n) is 7.19. The first-order chi connectivity index (χ1) is 21.1.